The van der Waals surface area contributed by atoms with Crippen LogP contribution in [-0.2, 0) is 6.42 Å². The van der Waals surface area contributed by atoms with Gasteiger partial charge >= 0.3 is 0 Å². The van der Waals surface area contributed by atoms with E-state index < -0.39 is 0 Å². The Kier molecular flexibility index (Phi) is 2.55. The first-order valence-electron chi connectivity index (χ1n) is 4.54. The van der Waals surface area contributed by atoms with Crippen LogP contribution in [0.2, 0.25) is 0 Å². The maximum Gasteiger partial charge on any atom is 0.114 e. The predicted molar refractivity (Wildman–Crippen MR) is 54.1 cm³/mol. The molecule has 2 rings (SSSR count). The van der Waals surface area contributed by atoms with Gasteiger partial charge in [-0.15, -0.1) is 0 Å². The number of pyridine rings is 1. The Labute approximate surface area is 82.4 Å². The monoisotopic (exact) mass is 188 g/mol. The molecule has 0 radical (unpaired) electrons. The molecule has 0 saturated heterocycles. The van der Waals surface area contributed by atoms with Gasteiger partial charge in [-0.05, 0) is 18.7 Å². The molecule has 0 bridgehead atoms. The maximum absolute atomic E-state index is 5.50. The summed E-state index contributed by atoms with van der Waals surface area (Å²) in [4.78, 5) is 8.22. The Morgan fingerprint density at radius 1 is 1.21 bits per heavy atom. The van der Waals surface area contributed by atoms with Gasteiger partial charge in [0.25, 0.3) is 0 Å². The lowest BCUT2D eigenvalue weighted by Gasteiger charge is -2.05. The zero-order valence-corrected chi connectivity index (χ0v) is 7.80. The molecule has 72 valence electrons. The number of rotatable bonds is 3. The average molecular weight is 188 g/mol. The van der Waals surface area contributed by atoms with Crippen LogP contribution in [0.15, 0.2) is 36.9 Å². The molecule has 2 N–H and O–H groups in total. The van der Waals surface area contributed by atoms with Gasteiger partial charge in [-0.3, -0.25) is 4.98 Å². The SMILES string of the molecule is NCCc1nccn1-c1ccncc1. The molecule has 2 aromatic rings. The van der Waals surface area contributed by atoms with Crippen molar-refractivity contribution in [3.05, 3.63) is 42.7 Å². The lowest BCUT2D eigenvalue weighted by atomic mass is 10.3. The van der Waals surface area contributed by atoms with Crippen LogP contribution in [0.1, 0.15) is 5.82 Å². The van der Waals surface area contributed by atoms with E-state index in [-0.39, 0.29) is 0 Å². The molecule has 4 nitrogen and oxygen atoms in total. The minimum Gasteiger partial charge on any atom is -0.330 e. The van der Waals surface area contributed by atoms with E-state index in [2.05, 4.69) is 9.97 Å². The van der Waals surface area contributed by atoms with Crippen molar-refractivity contribution in [2.75, 3.05) is 6.54 Å². The highest BCUT2D eigenvalue weighted by molar-refractivity contribution is 5.30. The standard InChI is InChI=1S/C10H12N4/c11-4-1-10-13-7-8-14(10)9-2-5-12-6-3-9/h2-3,5-8H,1,4,11H2. The Morgan fingerprint density at radius 3 is 2.71 bits per heavy atom. The van der Waals surface area contributed by atoms with Crippen LogP contribution in [0.4, 0.5) is 0 Å². The zero-order chi connectivity index (χ0) is 9.80. The fourth-order valence-electron chi connectivity index (χ4n) is 1.39. The first-order chi connectivity index (χ1) is 6.92. The minimum absolute atomic E-state index is 0.613. The number of aromatic nitrogens is 3. The van der Waals surface area contributed by atoms with E-state index in [0.29, 0.717) is 6.54 Å². The van der Waals surface area contributed by atoms with E-state index >= 15 is 0 Å². The lowest BCUT2D eigenvalue weighted by Crippen LogP contribution is -2.08. The third kappa shape index (κ3) is 1.65. The quantitative estimate of drug-likeness (QED) is 0.774. The largest absolute Gasteiger partial charge is 0.330 e. The summed E-state index contributed by atoms with van der Waals surface area (Å²) < 4.78 is 2.02. The molecule has 0 aromatic carbocycles. The molecule has 0 aliphatic rings. The van der Waals surface area contributed by atoms with Crippen LogP contribution in [0.25, 0.3) is 5.69 Å². The van der Waals surface area contributed by atoms with Gasteiger partial charge in [0.15, 0.2) is 0 Å². The van der Waals surface area contributed by atoms with Gasteiger partial charge in [-0.25, -0.2) is 4.98 Å². The van der Waals surface area contributed by atoms with Crippen molar-refractivity contribution in [3.8, 4) is 5.69 Å². The third-order valence-corrected chi connectivity index (χ3v) is 2.03. The first kappa shape index (κ1) is 8.90. The van der Waals surface area contributed by atoms with Gasteiger partial charge in [0.1, 0.15) is 5.82 Å². The van der Waals surface area contributed by atoms with Gasteiger partial charge in [-0.1, -0.05) is 0 Å². The molecular weight excluding hydrogens is 176 g/mol. The van der Waals surface area contributed by atoms with E-state index in [1.165, 1.54) is 0 Å². The van der Waals surface area contributed by atoms with E-state index in [9.17, 15) is 0 Å². The van der Waals surface area contributed by atoms with E-state index in [1.807, 2.05) is 22.9 Å². The van der Waals surface area contributed by atoms with E-state index in [4.69, 9.17) is 5.73 Å². The zero-order valence-electron chi connectivity index (χ0n) is 7.80. The summed E-state index contributed by atoms with van der Waals surface area (Å²) in [5.41, 5.74) is 6.57. The predicted octanol–water partition coefficient (Wildman–Crippen LogP) is 0.768. The molecule has 14 heavy (non-hydrogen) atoms. The number of nitrogens with two attached hydrogens (primary N) is 1. The molecule has 2 aromatic heterocycles. The Morgan fingerprint density at radius 2 is 2.00 bits per heavy atom. The number of hydrogen-bond acceptors (Lipinski definition) is 3. The summed E-state index contributed by atoms with van der Waals surface area (Å²) in [6.45, 7) is 0.613. The average Bonchev–Trinajstić information content (AvgIpc) is 2.68. The van der Waals surface area contributed by atoms with Crippen molar-refractivity contribution < 1.29 is 0 Å². The van der Waals surface area contributed by atoms with Crippen LogP contribution < -0.4 is 5.73 Å². The molecule has 0 aliphatic carbocycles. The van der Waals surface area contributed by atoms with Crippen LogP contribution in [0.5, 0.6) is 0 Å². The summed E-state index contributed by atoms with van der Waals surface area (Å²) in [5.74, 6) is 0.985. The summed E-state index contributed by atoms with van der Waals surface area (Å²) in [6, 6.07) is 3.89. The van der Waals surface area contributed by atoms with Crippen molar-refractivity contribution in [1.82, 2.24) is 14.5 Å². The number of imidazole rings is 1. The molecule has 0 atom stereocenters. The van der Waals surface area contributed by atoms with Crippen molar-refractivity contribution in [1.29, 1.82) is 0 Å². The summed E-state index contributed by atoms with van der Waals surface area (Å²) in [6.07, 6.45) is 8.03. The van der Waals surface area contributed by atoms with Gasteiger partial charge in [0, 0.05) is 36.9 Å². The van der Waals surface area contributed by atoms with Gasteiger partial charge in [-0.2, -0.15) is 0 Å². The van der Waals surface area contributed by atoms with Crippen LogP contribution in [-0.4, -0.2) is 21.1 Å². The molecule has 4 heteroatoms. The molecular formula is C10H12N4. The van der Waals surface area contributed by atoms with Gasteiger partial charge in [0.2, 0.25) is 0 Å². The van der Waals surface area contributed by atoms with Crippen LogP contribution >= 0.6 is 0 Å². The topological polar surface area (TPSA) is 56.7 Å². The summed E-state index contributed by atoms with van der Waals surface area (Å²) >= 11 is 0. The second-order valence-corrected chi connectivity index (χ2v) is 2.96. The Hall–Kier alpha value is -1.68. The summed E-state index contributed by atoms with van der Waals surface area (Å²) in [7, 11) is 0. The Balaban J connectivity index is 2.37. The second kappa shape index (κ2) is 4.02. The number of hydrogen-bond donors (Lipinski definition) is 1. The van der Waals surface area contributed by atoms with Crippen LogP contribution in [0.3, 0.4) is 0 Å². The second-order valence-electron chi connectivity index (χ2n) is 2.96. The van der Waals surface area contributed by atoms with Crippen molar-refractivity contribution in [2.24, 2.45) is 5.73 Å². The maximum atomic E-state index is 5.50. The van der Waals surface area contributed by atoms with Gasteiger partial charge < -0.3 is 10.3 Å². The molecule has 0 amide bonds. The van der Waals surface area contributed by atoms with Crippen molar-refractivity contribution >= 4 is 0 Å². The third-order valence-electron chi connectivity index (χ3n) is 2.03. The number of nitrogens with zero attached hydrogens (tertiary/aromatic N) is 3. The van der Waals surface area contributed by atoms with E-state index in [0.717, 1.165) is 17.9 Å². The fraction of sp³-hybridized carbons (Fsp3) is 0.200. The van der Waals surface area contributed by atoms with Crippen molar-refractivity contribution in [3.63, 3.8) is 0 Å². The highest BCUT2D eigenvalue weighted by Crippen LogP contribution is 2.08. The highest BCUT2D eigenvalue weighted by atomic mass is 15.1. The molecule has 0 fully saturated rings. The molecule has 0 saturated carbocycles. The first-order valence-corrected chi connectivity index (χ1v) is 4.54. The molecule has 2 heterocycles. The fourth-order valence-corrected chi connectivity index (χ4v) is 1.39. The molecule has 0 spiro atoms. The Bertz CT molecular complexity index is 394. The van der Waals surface area contributed by atoms with Crippen LogP contribution in [0, 0.1) is 0 Å². The molecule has 0 aliphatic heterocycles. The molecule has 0 unspecified atom stereocenters. The smallest absolute Gasteiger partial charge is 0.114 e. The highest BCUT2D eigenvalue weighted by Gasteiger charge is 2.02. The van der Waals surface area contributed by atoms with Crippen molar-refractivity contribution in [2.45, 2.75) is 6.42 Å². The minimum atomic E-state index is 0.613. The van der Waals surface area contributed by atoms with E-state index in [1.54, 1.807) is 18.6 Å². The normalized spacial score (nSPS) is 10.4. The lowest BCUT2D eigenvalue weighted by molar-refractivity contribution is 0.836. The van der Waals surface area contributed by atoms with Gasteiger partial charge in [0.05, 0.1) is 0 Å². The summed E-state index contributed by atoms with van der Waals surface area (Å²) in [5, 5.41) is 0.